The van der Waals surface area contributed by atoms with Crippen molar-refractivity contribution < 1.29 is 0 Å². The number of benzene rings is 1. The molecule has 0 atom stereocenters. The summed E-state index contributed by atoms with van der Waals surface area (Å²) in [5, 5.41) is 4.90. The highest BCUT2D eigenvalue weighted by molar-refractivity contribution is 5.83. The number of hydrogen-bond acceptors (Lipinski definition) is 1. The number of fused-ring (bicyclic) bond motifs is 1. The van der Waals surface area contributed by atoms with Gasteiger partial charge in [0.2, 0.25) is 0 Å². The highest BCUT2D eigenvalue weighted by Crippen LogP contribution is 2.21. The van der Waals surface area contributed by atoms with Crippen LogP contribution >= 0.6 is 0 Å². The lowest BCUT2D eigenvalue weighted by molar-refractivity contribution is 0.580. The predicted molar refractivity (Wildman–Crippen MR) is 88.1 cm³/mol. The van der Waals surface area contributed by atoms with Gasteiger partial charge in [0.1, 0.15) is 0 Å². The summed E-state index contributed by atoms with van der Waals surface area (Å²) in [5.41, 5.74) is 2.83. The molecule has 1 heterocycles. The Morgan fingerprint density at radius 2 is 1.95 bits per heavy atom. The molecule has 1 aromatic carbocycles. The van der Waals surface area contributed by atoms with Crippen LogP contribution in [0.25, 0.3) is 10.9 Å². The Morgan fingerprint density at radius 3 is 2.70 bits per heavy atom. The molecule has 0 radical (unpaired) electrons. The first-order chi connectivity index (χ1) is 9.72. The number of aryl methyl sites for hydroxylation is 1. The van der Waals surface area contributed by atoms with E-state index in [1.54, 1.807) is 0 Å². The van der Waals surface area contributed by atoms with Gasteiger partial charge in [-0.3, -0.25) is 0 Å². The molecule has 0 amide bonds. The summed E-state index contributed by atoms with van der Waals surface area (Å²) < 4.78 is 2.43. The van der Waals surface area contributed by atoms with Gasteiger partial charge in [-0.25, -0.2) is 0 Å². The zero-order valence-corrected chi connectivity index (χ0v) is 13.2. The third-order valence-electron chi connectivity index (χ3n) is 3.83. The van der Waals surface area contributed by atoms with E-state index in [1.165, 1.54) is 42.1 Å². The van der Waals surface area contributed by atoms with E-state index >= 15 is 0 Å². The van der Waals surface area contributed by atoms with Crippen LogP contribution in [0.2, 0.25) is 0 Å². The molecule has 2 aromatic rings. The molecule has 2 nitrogen and oxygen atoms in total. The Labute approximate surface area is 123 Å². The van der Waals surface area contributed by atoms with Crippen molar-refractivity contribution in [3.63, 3.8) is 0 Å². The van der Waals surface area contributed by atoms with Gasteiger partial charge in [-0.15, -0.1) is 0 Å². The van der Waals surface area contributed by atoms with Gasteiger partial charge in [-0.1, -0.05) is 58.2 Å². The maximum Gasteiger partial charge on any atom is 0.0525 e. The second-order valence-electron chi connectivity index (χ2n) is 5.96. The summed E-state index contributed by atoms with van der Waals surface area (Å²) in [4.78, 5) is 0. The Balaban J connectivity index is 2.13. The fourth-order valence-corrected chi connectivity index (χ4v) is 2.69. The van der Waals surface area contributed by atoms with Crippen molar-refractivity contribution in [2.45, 2.75) is 65.6 Å². The summed E-state index contributed by atoms with van der Waals surface area (Å²) in [6, 6.07) is 9.41. The van der Waals surface area contributed by atoms with Crippen molar-refractivity contribution in [1.29, 1.82) is 0 Å². The molecular formula is C18H28N2. The standard InChI is InChI=1S/C18H28N2/c1-4-5-6-7-12-20-13-11-16-9-8-10-17(18(16)20)14-19-15(2)3/h8-11,13,15,19H,4-7,12,14H2,1-3H3. The van der Waals surface area contributed by atoms with Gasteiger partial charge in [-0.2, -0.15) is 0 Å². The van der Waals surface area contributed by atoms with Gasteiger partial charge in [0.05, 0.1) is 5.52 Å². The van der Waals surface area contributed by atoms with Crippen molar-refractivity contribution in [2.75, 3.05) is 0 Å². The highest BCUT2D eigenvalue weighted by atomic mass is 15.0. The minimum Gasteiger partial charge on any atom is -0.347 e. The molecular weight excluding hydrogens is 244 g/mol. The Bertz CT molecular complexity index is 525. The minimum atomic E-state index is 0.526. The lowest BCUT2D eigenvalue weighted by Gasteiger charge is -2.12. The van der Waals surface area contributed by atoms with Gasteiger partial charge < -0.3 is 9.88 Å². The SMILES string of the molecule is CCCCCCn1ccc2cccc(CNC(C)C)c21. The largest absolute Gasteiger partial charge is 0.347 e. The smallest absolute Gasteiger partial charge is 0.0525 e. The van der Waals surface area contributed by atoms with Crippen LogP contribution in [-0.2, 0) is 13.1 Å². The number of unbranched alkanes of at least 4 members (excludes halogenated alkanes) is 3. The summed E-state index contributed by atoms with van der Waals surface area (Å²) in [6.07, 6.45) is 7.51. The van der Waals surface area contributed by atoms with Gasteiger partial charge in [-0.05, 0) is 23.4 Å². The molecule has 1 N–H and O–H groups in total. The number of hydrogen-bond donors (Lipinski definition) is 1. The van der Waals surface area contributed by atoms with Gasteiger partial charge in [0, 0.05) is 25.3 Å². The summed E-state index contributed by atoms with van der Waals surface area (Å²) in [7, 11) is 0. The summed E-state index contributed by atoms with van der Waals surface area (Å²) >= 11 is 0. The number of rotatable bonds is 8. The molecule has 0 unspecified atom stereocenters. The molecule has 1 aromatic heterocycles. The normalized spacial score (nSPS) is 11.6. The third-order valence-corrected chi connectivity index (χ3v) is 3.83. The first kappa shape index (κ1) is 15.1. The minimum absolute atomic E-state index is 0.526. The Hall–Kier alpha value is -1.28. The topological polar surface area (TPSA) is 17.0 Å². The van der Waals surface area contributed by atoms with Crippen LogP contribution in [0, 0.1) is 0 Å². The Morgan fingerprint density at radius 1 is 1.10 bits per heavy atom. The average Bonchev–Trinajstić information content (AvgIpc) is 2.85. The lowest BCUT2D eigenvalue weighted by atomic mass is 10.1. The number of nitrogens with zero attached hydrogens (tertiary/aromatic N) is 1. The van der Waals surface area contributed by atoms with E-state index < -0.39 is 0 Å². The highest BCUT2D eigenvalue weighted by Gasteiger charge is 2.06. The molecule has 0 spiro atoms. The maximum absolute atomic E-state index is 3.53. The van der Waals surface area contributed by atoms with Crippen LogP contribution in [0.4, 0.5) is 0 Å². The van der Waals surface area contributed by atoms with E-state index in [4.69, 9.17) is 0 Å². The van der Waals surface area contributed by atoms with Crippen LogP contribution in [0.3, 0.4) is 0 Å². The zero-order chi connectivity index (χ0) is 14.4. The fourth-order valence-electron chi connectivity index (χ4n) is 2.69. The van der Waals surface area contributed by atoms with Crippen LogP contribution in [-0.4, -0.2) is 10.6 Å². The third kappa shape index (κ3) is 3.86. The zero-order valence-electron chi connectivity index (χ0n) is 13.2. The van der Waals surface area contributed by atoms with Gasteiger partial charge in [0.25, 0.3) is 0 Å². The van der Waals surface area contributed by atoms with Gasteiger partial charge >= 0.3 is 0 Å². The first-order valence-electron chi connectivity index (χ1n) is 8.02. The molecule has 0 saturated carbocycles. The van der Waals surface area contributed by atoms with Crippen molar-refractivity contribution in [3.05, 3.63) is 36.0 Å². The van der Waals surface area contributed by atoms with Crippen LogP contribution in [0.15, 0.2) is 30.5 Å². The number of aromatic nitrogens is 1. The molecule has 2 heteroatoms. The lowest BCUT2D eigenvalue weighted by Crippen LogP contribution is -2.22. The van der Waals surface area contributed by atoms with Crippen LogP contribution in [0.5, 0.6) is 0 Å². The second-order valence-corrected chi connectivity index (χ2v) is 5.96. The molecule has 0 aliphatic heterocycles. The fraction of sp³-hybridized carbons (Fsp3) is 0.556. The molecule has 0 aliphatic rings. The van der Waals surface area contributed by atoms with Crippen LogP contribution in [0.1, 0.15) is 52.0 Å². The van der Waals surface area contributed by atoms with Crippen molar-refractivity contribution >= 4 is 10.9 Å². The van der Waals surface area contributed by atoms with Gasteiger partial charge in [0.15, 0.2) is 0 Å². The van der Waals surface area contributed by atoms with Crippen molar-refractivity contribution in [2.24, 2.45) is 0 Å². The van der Waals surface area contributed by atoms with E-state index in [2.05, 4.69) is 61.1 Å². The van der Waals surface area contributed by atoms with Crippen LogP contribution < -0.4 is 5.32 Å². The first-order valence-corrected chi connectivity index (χ1v) is 8.02. The van der Waals surface area contributed by atoms with Crippen molar-refractivity contribution in [3.8, 4) is 0 Å². The molecule has 2 rings (SSSR count). The molecule has 110 valence electrons. The quantitative estimate of drug-likeness (QED) is 0.688. The van der Waals surface area contributed by atoms with E-state index in [-0.39, 0.29) is 0 Å². The van der Waals surface area contributed by atoms with E-state index in [0.29, 0.717) is 6.04 Å². The van der Waals surface area contributed by atoms with Crippen molar-refractivity contribution in [1.82, 2.24) is 9.88 Å². The predicted octanol–water partition coefficient (Wildman–Crippen LogP) is 4.72. The molecule has 0 fully saturated rings. The number of para-hydroxylation sites is 1. The van der Waals surface area contributed by atoms with E-state index in [9.17, 15) is 0 Å². The Kier molecular flexibility index (Phi) is 5.66. The van der Waals surface area contributed by atoms with E-state index in [1.807, 2.05) is 0 Å². The molecule has 20 heavy (non-hydrogen) atoms. The maximum atomic E-state index is 3.53. The average molecular weight is 272 g/mol. The second kappa shape index (κ2) is 7.49. The number of nitrogens with one attached hydrogen (secondary N) is 1. The summed E-state index contributed by atoms with van der Waals surface area (Å²) in [6.45, 7) is 8.75. The molecule has 0 aliphatic carbocycles. The molecule has 0 saturated heterocycles. The monoisotopic (exact) mass is 272 g/mol. The molecule has 0 bridgehead atoms. The van der Waals surface area contributed by atoms with E-state index in [0.717, 1.165) is 13.1 Å². The summed E-state index contributed by atoms with van der Waals surface area (Å²) in [5.74, 6) is 0.